The lowest BCUT2D eigenvalue weighted by Crippen LogP contribution is -2.19. The van der Waals surface area contributed by atoms with Gasteiger partial charge in [-0.1, -0.05) is 53.6 Å². The van der Waals surface area contributed by atoms with Crippen LogP contribution in [-0.4, -0.2) is 22.2 Å². The predicted molar refractivity (Wildman–Crippen MR) is 123 cm³/mol. The molecule has 0 fully saturated rings. The minimum Gasteiger partial charge on any atom is -0.478 e. The number of halogens is 1. The molecule has 0 aliphatic rings. The molecule has 0 spiro atoms. The van der Waals surface area contributed by atoms with Gasteiger partial charge in [0, 0.05) is 35.1 Å². The molecule has 0 aliphatic heterocycles. The van der Waals surface area contributed by atoms with E-state index in [-0.39, 0.29) is 0 Å². The molecule has 0 atom stereocenters. The summed E-state index contributed by atoms with van der Waals surface area (Å²) in [6.45, 7) is 9.99. The molecule has 0 bridgehead atoms. The zero-order valence-corrected chi connectivity index (χ0v) is 18.8. The Balaban J connectivity index is 1.80. The largest absolute Gasteiger partial charge is 0.478 e. The van der Waals surface area contributed by atoms with Crippen molar-refractivity contribution in [2.45, 2.75) is 47.2 Å². The number of nitrogens with zero attached hydrogens (tertiary/aromatic N) is 1. The number of hydrogen-bond donors (Lipinski definition) is 2. The average molecular weight is 425 g/mol. The highest BCUT2D eigenvalue weighted by Gasteiger charge is 2.22. The van der Waals surface area contributed by atoms with E-state index >= 15 is 0 Å². The van der Waals surface area contributed by atoms with Crippen molar-refractivity contribution in [2.75, 3.05) is 6.54 Å². The highest BCUT2D eigenvalue weighted by Crippen LogP contribution is 2.25. The van der Waals surface area contributed by atoms with Gasteiger partial charge in [0.05, 0.1) is 5.56 Å². The molecule has 0 saturated heterocycles. The van der Waals surface area contributed by atoms with Gasteiger partial charge in [0.1, 0.15) is 0 Å². The monoisotopic (exact) mass is 424 g/mol. The molecule has 1 aromatic heterocycles. The number of aromatic carboxylic acids is 1. The molecule has 5 heteroatoms. The minimum absolute atomic E-state index is 0.406. The minimum atomic E-state index is -0.877. The lowest BCUT2D eigenvalue weighted by Gasteiger charge is -2.13. The van der Waals surface area contributed by atoms with Crippen LogP contribution in [0.25, 0.3) is 0 Å². The number of benzene rings is 2. The normalized spacial score (nSPS) is 11.1. The Hall–Kier alpha value is -2.56. The van der Waals surface area contributed by atoms with Crippen LogP contribution in [0, 0.1) is 27.7 Å². The van der Waals surface area contributed by atoms with Gasteiger partial charge in [-0.25, -0.2) is 4.79 Å². The Morgan fingerprint density at radius 3 is 2.47 bits per heavy atom. The van der Waals surface area contributed by atoms with Crippen molar-refractivity contribution in [3.8, 4) is 0 Å². The summed E-state index contributed by atoms with van der Waals surface area (Å²) in [7, 11) is 0. The van der Waals surface area contributed by atoms with Crippen LogP contribution in [0.3, 0.4) is 0 Å². The van der Waals surface area contributed by atoms with E-state index in [4.69, 9.17) is 11.6 Å². The molecule has 0 radical (unpaired) electrons. The van der Waals surface area contributed by atoms with Crippen LogP contribution in [0.15, 0.2) is 42.5 Å². The molecule has 30 heavy (non-hydrogen) atoms. The average Bonchev–Trinajstić information content (AvgIpc) is 2.93. The maximum Gasteiger partial charge on any atom is 0.337 e. The maximum absolute atomic E-state index is 12.0. The van der Waals surface area contributed by atoms with Crippen molar-refractivity contribution in [3.63, 3.8) is 0 Å². The first-order valence-corrected chi connectivity index (χ1v) is 10.6. The number of nitrogens with one attached hydrogen (secondary N) is 1. The number of aryl methyl sites for hydroxylation is 2. The van der Waals surface area contributed by atoms with Crippen LogP contribution < -0.4 is 5.32 Å². The third kappa shape index (κ3) is 4.77. The topological polar surface area (TPSA) is 54.3 Å². The van der Waals surface area contributed by atoms with Crippen molar-refractivity contribution in [1.29, 1.82) is 0 Å². The second-order valence-electron chi connectivity index (χ2n) is 7.86. The molecule has 2 N–H and O–H groups in total. The molecule has 158 valence electrons. The van der Waals surface area contributed by atoms with Crippen LogP contribution in [0.5, 0.6) is 0 Å². The van der Waals surface area contributed by atoms with Crippen molar-refractivity contribution < 1.29 is 9.90 Å². The lowest BCUT2D eigenvalue weighted by molar-refractivity contribution is 0.0694. The van der Waals surface area contributed by atoms with Gasteiger partial charge in [-0.3, -0.25) is 0 Å². The van der Waals surface area contributed by atoms with E-state index in [2.05, 4.69) is 41.9 Å². The van der Waals surface area contributed by atoms with Crippen LogP contribution in [0.4, 0.5) is 0 Å². The van der Waals surface area contributed by atoms with Gasteiger partial charge in [-0.15, -0.1) is 0 Å². The van der Waals surface area contributed by atoms with Crippen LogP contribution in [-0.2, 0) is 19.5 Å². The SMILES string of the molecule is Cc1ccc(C)c(Cn2c(C)c(CNCCc3ccccc3Cl)c(C(=O)O)c2C)c1. The summed E-state index contributed by atoms with van der Waals surface area (Å²) in [6.07, 6.45) is 0.795. The lowest BCUT2D eigenvalue weighted by atomic mass is 10.1. The van der Waals surface area contributed by atoms with Crippen LogP contribution in [0.1, 0.15) is 49.6 Å². The number of hydrogen-bond acceptors (Lipinski definition) is 2. The fraction of sp³-hybridized carbons (Fsp3) is 0.320. The maximum atomic E-state index is 12.0. The van der Waals surface area contributed by atoms with Gasteiger partial charge < -0.3 is 15.0 Å². The fourth-order valence-electron chi connectivity index (χ4n) is 3.96. The Labute approximate surface area is 183 Å². The first-order chi connectivity index (χ1) is 14.3. The number of carbonyl (C=O) groups is 1. The molecule has 4 nitrogen and oxygen atoms in total. The quantitative estimate of drug-likeness (QED) is 0.472. The summed E-state index contributed by atoms with van der Waals surface area (Å²) in [5, 5.41) is 14.0. The summed E-state index contributed by atoms with van der Waals surface area (Å²) in [6, 6.07) is 14.2. The number of carboxylic acid groups (broad SMARTS) is 1. The van der Waals surface area contributed by atoms with E-state index in [1.165, 1.54) is 16.7 Å². The van der Waals surface area contributed by atoms with E-state index < -0.39 is 5.97 Å². The number of aromatic nitrogens is 1. The first kappa shape index (κ1) is 22.1. The zero-order chi connectivity index (χ0) is 21.8. The highest BCUT2D eigenvalue weighted by atomic mass is 35.5. The number of carboxylic acids is 1. The number of rotatable bonds is 8. The molecule has 0 unspecified atom stereocenters. The summed E-state index contributed by atoms with van der Waals surface area (Å²) in [5.41, 5.74) is 7.77. The van der Waals surface area contributed by atoms with Crippen molar-refractivity contribution in [2.24, 2.45) is 0 Å². The van der Waals surface area contributed by atoms with Crippen LogP contribution in [0.2, 0.25) is 5.02 Å². The van der Waals surface area contributed by atoms with Gasteiger partial charge in [-0.05, 0) is 63.4 Å². The van der Waals surface area contributed by atoms with Gasteiger partial charge in [0.15, 0.2) is 0 Å². The smallest absolute Gasteiger partial charge is 0.337 e. The molecule has 3 rings (SSSR count). The summed E-state index contributed by atoms with van der Waals surface area (Å²) in [5.74, 6) is -0.877. The van der Waals surface area contributed by atoms with E-state index in [1.54, 1.807) is 0 Å². The molecule has 3 aromatic rings. The van der Waals surface area contributed by atoms with Crippen LogP contribution >= 0.6 is 11.6 Å². The zero-order valence-electron chi connectivity index (χ0n) is 18.1. The second kappa shape index (κ2) is 9.50. The van der Waals surface area contributed by atoms with Crippen molar-refractivity contribution in [1.82, 2.24) is 9.88 Å². The first-order valence-electron chi connectivity index (χ1n) is 10.2. The molecule has 1 heterocycles. The third-order valence-corrected chi connectivity index (χ3v) is 6.16. The fourth-order valence-corrected chi connectivity index (χ4v) is 4.19. The Kier molecular flexibility index (Phi) is 7.01. The summed E-state index contributed by atoms with van der Waals surface area (Å²) in [4.78, 5) is 12.0. The van der Waals surface area contributed by atoms with Gasteiger partial charge in [0.2, 0.25) is 0 Å². The highest BCUT2D eigenvalue weighted by molar-refractivity contribution is 6.31. The van der Waals surface area contributed by atoms with Crippen molar-refractivity contribution in [3.05, 3.63) is 92.3 Å². The Bertz CT molecular complexity index is 1070. The molecular weight excluding hydrogens is 396 g/mol. The van der Waals surface area contributed by atoms with E-state index in [0.717, 1.165) is 40.5 Å². The predicted octanol–water partition coefficient (Wildman–Crippen LogP) is 5.45. The van der Waals surface area contributed by atoms with Gasteiger partial charge >= 0.3 is 5.97 Å². The Morgan fingerprint density at radius 2 is 1.77 bits per heavy atom. The molecule has 0 aliphatic carbocycles. The van der Waals surface area contributed by atoms with Gasteiger partial charge in [-0.2, -0.15) is 0 Å². The van der Waals surface area contributed by atoms with E-state index in [0.29, 0.717) is 18.7 Å². The molecule has 0 amide bonds. The second-order valence-corrected chi connectivity index (χ2v) is 8.27. The standard InChI is InChI=1S/C25H29ClN2O2/c1-16-9-10-17(2)21(13-16)15-28-18(3)22(24(19(28)4)25(29)30)14-27-12-11-20-7-5-6-8-23(20)26/h5-10,13,27H,11-12,14-15H2,1-4H3,(H,29,30). The molecular formula is C25H29ClN2O2. The third-order valence-electron chi connectivity index (χ3n) is 5.79. The molecule has 2 aromatic carbocycles. The summed E-state index contributed by atoms with van der Waals surface area (Å²) < 4.78 is 2.12. The van der Waals surface area contributed by atoms with Crippen molar-refractivity contribution >= 4 is 17.6 Å². The Morgan fingerprint density at radius 1 is 1.03 bits per heavy atom. The van der Waals surface area contributed by atoms with E-state index in [1.807, 2.05) is 38.1 Å². The van der Waals surface area contributed by atoms with Gasteiger partial charge in [0.25, 0.3) is 0 Å². The van der Waals surface area contributed by atoms with E-state index in [9.17, 15) is 9.90 Å². The molecule has 0 saturated carbocycles. The summed E-state index contributed by atoms with van der Waals surface area (Å²) >= 11 is 6.23.